The van der Waals surface area contributed by atoms with Gasteiger partial charge >= 0.3 is 63.3 Å². The number of allylic oxidation sites excluding steroid dienone is 2. The average Bonchev–Trinajstić information content (AvgIpc) is 3.07. The molecule has 0 unspecified atom stereocenters. The van der Waals surface area contributed by atoms with Gasteiger partial charge in [0.1, 0.15) is 10.1 Å². The predicted molar refractivity (Wildman–Crippen MR) is 195 cm³/mol. The Kier molecular flexibility index (Phi) is 32.5. The predicted octanol–water partition coefficient (Wildman–Crippen LogP) is 8.42. The summed E-state index contributed by atoms with van der Waals surface area (Å²) in [6, 6.07) is 3.54. The number of hydrogen-bond acceptors (Lipinski definition) is 7. The molecule has 9 heteroatoms. The zero-order valence-corrected chi connectivity index (χ0v) is 35.1. The van der Waals surface area contributed by atoms with Gasteiger partial charge in [0.25, 0.3) is 0 Å². The van der Waals surface area contributed by atoms with Crippen molar-refractivity contribution < 1.29 is 83.4 Å². The van der Waals surface area contributed by atoms with Gasteiger partial charge in [-0.2, -0.15) is 0 Å². The molecule has 0 atom stereocenters. The van der Waals surface area contributed by atoms with Gasteiger partial charge < -0.3 is 14.0 Å². The molecule has 0 aromatic heterocycles. The summed E-state index contributed by atoms with van der Waals surface area (Å²) in [6.45, 7) is 4.55. The molecule has 0 radical (unpaired) electrons. The summed E-state index contributed by atoms with van der Waals surface area (Å²) in [6.07, 6.45) is 36.6. The molecule has 0 heterocycles. The standard InChI is InChI=1S/C40H66O7S.K/c1-3-5-7-9-11-13-15-17-19-21-23-25-27-29-34-46-39(41)36-32-31-33-37(48(43,44)45)38(36)40(42)47-35-30-28-26-24-22-20-18-16-14-12-10-8-6-4-2;/h25-28,31-33H,3-24,29-30,34-35H2,1-2H3,(H,43,44,45);/q;+1/p-1/b27-25+,28-26+;. The fourth-order valence-corrected chi connectivity index (χ4v) is 6.37. The van der Waals surface area contributed by atoms with Gasteiger partial charge in [0, 0.05) is 0 Å². The van der Waals surface area contributed by atoms with E-state index in [9.17, 15) is 22.6 Å². The molecule has 49 heavy (non-hydrogen) atoms. The van der Waals surface area contributed by atoms with E-state index in [0.717, 1.165) is 31.7 Å². The quantitative estimate of drug-likeness (QED) is 0.0248. The van der Waals surface area contributed by atoms with Crippen LogP contribution in [-0.4, -0.2) is 38.1 Å². The maximum absolute atomic E-state index is 12.9. The van der Waals surface area contributed by atoms with E-state index >= 15 is 0 Å². The minimum absolute atomic E-state index is 0. The molecule has 0 aliphatic heterocycles. The van der Waals surface area contributed by atoms with Crippen LogP contribution in [0.3, 0.4) is 0 Å². The van der Waals surface area contributed by atoms with Crippen molar-refractivity contribution in [1.29, 1.82) is 0 Å². The number of unbranched alkanes of at least 4 members (excludes halogenated alkanes) is 20. The van der Waals surface area contributed by atoms with Crippen LogP contribution in [0.1, 0.15) is 189 Å². The number of carbonyl (C=O) groups excluding carboxylic acids is 2. The molecule has 0 amide bonds. The van der Waals surface area contributed by atoms with Crippen LogP contribution in [0.15, 0.2) is 47.4 Å². The summed E-state index contributed by atoms with van der Waals surface area (Å²) < 4.78 is 46.4. The van der Waals surface area contributed by atoms with Crippen LogP contribution >= 0.6 is 0 Å². The maximum atomic E-state index is 12.9. The van der Waals surface area contributed by atoms with Crippen LogP contribution in [0.2, 0.25) is 0 Å². The SMILES string of the molecule is CCCCCCCCCCCC/C=C/CCOC(=O)c1cccc(S(=O)(=O)[O-])c1C(=O)OCC/C=C/CCCCCCCCCCCC.[K+]. The number of benzene rings is 1. The Morgan fingerprint density at radius 2 is 0.939 bits per heavy atom. The molecule has 0 N–H and O–H groups in total. The summed E-state index contributed by atoms with van der Waals surface area (Å²) in [7, 11) is -5.03. The zero-order valence-electron chi connectivity index (χ0n) is 31.2. The van der Waals surface area contributed by atoms with Gasteiger partial charge in [-0.05, 0) is 50.7 Å². The van der Waals surface area contributed by atoms with Gasteiger partial charge in [-0.25, -0.2) is 18.0 Å². The van der Waals surface area contributed by atoms with Crippen molar-refractivity contribution in [1.82, 2.24) is 0 Å². The van der Waals surface area contributed by atoms with Gasteiger partial charge in [0.05, 0.1) is 29.2 Å². The van der Waals surface area contributed by atoms with Crippen LogP contribution in [0.4, 0.5) is 0 Å². The Balaban J connectivity index is 0.0000230. The second kappa shape index (κ2) is 33.1. The first kappa shape index (κ1) is 48.2. The first-order valence-corrected chi connectivity index (χ1v) is 20.5. The van der Waals surface area contributed by atoms with Crippen LogP contribution in [0.5, 0.6) is 0 Å². The van der Waals surface area contributed by atoms with E-state index in [0.29, 0.717) is 12.8 Å². The second-order valence-electron chi connectivity index (χ2n) is 12.9. The molecule has 1 aromatic rings. The minimum atomic E-state index is -5.03. The smallest absolute Gasteiger partial charge is 0.744 e. The molecule has 1 aromatic carbocycles. The van der Waals surface area contributed by atoms with Crippen molar-refractivity contribution >= 4 is 22.1 Å². The molecule has 0 saturated carbocycles. The first-order valence-electron chi connectivity index (χ1n) is 19.1. The first-order chi connectivity index (χ1) is 23.3. The van der Waals surface area contributed by atoms with Crippen molar-refractivity contribution in [2.45, 2.75) is 173 Å². The van der Waals surface area contributed by atoms with Crippen LogP contribution in [-0.2, 0) is 19.6 Å². The van der Waals surface area contributed by atoms with E-state index in [2.05, 4.69) is 26.0 Å². The van der Waals surface area contributed by atoms with Gasteiger partial charge in [0.2, 0.25) is 0 Å². The molecule has 7 nitrogen and oxygen atoms in total. The Morgan fingerprint density at radius 3 is 1.35 bits per heavy atom. The number of carbonyl (C=O) groups is 2. The molecule has 0 saturated heterocycles. The zero-order chi connectivity index (χ0) is 35.1. The van der Waals surface area contributed by atoms with Crippen LogP contribution in [0.25, 0.3) is 0 Å². The van der Waals surface area contributed by atoms with Crippen molar-refractivity contribution in [2.24, 2.45) is 0 Å². The van der Waals surface area contributed by atoms with Gasteiger partial charge in [-0.3, -0.25) is 0 Å². The fourth-order valence-electron chi connectivity index (χ4n) is 5.68. The van der Waals surface area contributed by atoms with E-state index in [1.54, 1.807) is 0 Å². The van der Waals surface area contributed by atoms with Crippen LogP contribution < -0.4 is 51.4 Å². The second-order valence-corrected chi connectivity index (χ2v) is 14.2. The van der Waals surface area contributed by atoms with E-state index in [-0.39, 0.29) is 70.2 Å². The minimum Gasteiger partial charge on any atom is -0.744 e. The van der Waals surface area contributed by atoms with E-state index in [4.69, 9.17) is 9.47 Å². The molecule has 274 valence electrons. The van der Waals surface area contributed by atoms with E-state index in [1.807, 2.05) is 12.2 Å². The summed E-state index contributed by atoms with van der Waals surface area (Å²) in [5.74, 6) is -1.90. The number of hydrogen-bond donors (Lipinski definition) is 0. The van der Waals surface area contributed by atoms with Crippen molar-refractivity contribution in [2.75, 3.05) is 13.2 Å². The van der Waals surface area contributed by atoms with E-state index < -0.39 is 32.5 Å². The van der Waals surface area contributed by atoms with Crippen molar-refractivity contribution in [3.63, 3.8) is 0 Å². The third kappa shape index (κ3) is 25.7. The number of esters is 2. The molecular formula is C40H65KO7S. The largest absolute Gasteiger partial charge is 1.00 e. The number of rotatable bonds is 31. The normalized spacial score (nSPS) is 11.7. The summed E-state index contributed by atoms with van der Waals surface area (Å²) in [5.41, 5.74) is -0.855. The Morgan fingerprint density at radius 1 is 0.571 bits per heavy atom. The summed E-state index contributed by atoms with van der Waals surface area (Å²) in [4.78, 5) is 25.0. The molecule has 0 bridgehead atoms. The Hall–Kier alpha value is -0.814. The number of ether oxygens (including phenoxy) is 2. The van der Waals surface area contributed by atoms with Crippen molar-refractivity contribution in [3.05, 3.63) is 53.6 Å². The molecule has 0 spiro atoms. The summed E-state index contributed by atoms with van der Waals surface area (Å²) in [5, 5.41) is 0. The molecule has 0 fully saturated rings. The van der Waals surface area contributed by atoms with Crippen LogP contribution in [0, 0.1) is 0 Å². The summed E-state index contributed by atoms with van der Waals surface area (Å²) >= 11 is 0. The fraction of sp³-hybridized carbons (Fsp3) is 0.700. The molecule has 1 rings (SSSR count). The third-order valence-electron chi connectivity index (χ3n) is 8.54. The monoisotopic (exact) mass is 728 g/mol. The van der Waals surface area contributed by atoms with E-state index in [1.165, 1.54) is 128 Å². The Bertz CT molecular complexity index is 1150. The topological polar surface area (TPSA) is 110 Å². The Labute approximate surface area is 342 Å². The molecule has 0 aliphatic carbocycles. The molecule has 0 aliphatic rings. The maximum Gasteiger partial charge on any atom is 1.00 e. The van der Waals surface area contributed by atoms with Gasteiger partial charge in [-0.15, -0.1) is 0 Å². The third-order valence-corrected chi connectivity index (χ3v) is 9.42. The molecular weight excluding hydrogens is 664 g/mol. The average molecular weight is 729 g/mol. The van der Waals surface area contributed by atoms with Gasteiger partial charge in [0.15, 0.2) is 0 Å². The van der Waals surface area contributed by atoms with Crippen molar-refractivity contribution in [3.8, 4) is 0 Å². The van der Waals surface area contributed by atoms with Gasteiger partial charge in [-0.1, -0.05) is 160 Å².